The van der Waals surface area contributed by atoms with Gasteiger partial charge in [0.05, 0.1) is 17.9 Å². The molecule has 0 atom stereocenters. The first-order valence-electron chi connectivity index (χ1n) is 7.98. The Bertz CT molecular complexity index is 733. The highest BCUT2D eigenvalue weighted by Gasteiger charge is 2.22. The molecular formula is C18H24IN5. The maximum atomic E-state index is 5.90. The van der Waals surface area contributed by atoms with Gasteiger partial charge in [0, 0.05) is 12.2 Å². The van der Waals surface area contributed by atoms with Gasteiger partial charge in [0.15, 0.2) is 5.96 Å². The van der Waals surface area contributed by atoms with E-state index < -0.39 is 0 Å². The van der Waals surface area contributed by atoms with E-state index in [-0.39, 0.29) is 24.0 Å². The van der Waals surface area contributed by atoms with Gasteiger partial charge in [0.1, 0.15) is 0 Å². The summed E-state index contributed by atoms with van der Waals surface area (Å²) in [5, 5.41) is 7.83. The Labute approximate surface area is 160 Å². The van der Waals surface area contributed by atoms with Crippen molar-refractivity contribution in [3.05, 3.63) is 59.4 Å². The van der Waals surface area contributed by atoms with E-state index in [1.807, 2.05) is 25.1 Å². The van der Waals surface area contributed by atoms with Gasteiger partial charge in [0.25, 0.3) is 0 Å². The molecule has 0 radical (unpaired) electrons. The van der Waals surface area contributed by atoms with Crippen LogP contribution in [0.1, 0.15) is 30.3 Å². The van der Waals surface area contributed by atoms with Crippen LogP contribution < -0.4 is 11.1 Å². The summed E-state index contributed by atoms with van der Waals surface area (Å²) in [6, 6.07) is 10.3. The second kappa shape index (κ2) is 8.32. The molecule has 5 nitrogen and oxygen atoms in total. The number of nitrogens with zero attached hydrogens (tertiary/aromatic N) is 3. The maximum Gasteiger partial charge on any atom is 0.189 e. The average molecular weight is 437 g/mol. The van der Waals surface area contributed by atoms with Crippen molar-refractivity contribution in [1.29, 1.82) is 0 Å². The van der Waals surface area contributed by atoms with Crippen LogP contribution in [0.3, 0.4) is 0 Å². The molecule has 1 heterocycles. The molecule has 0 saturated carbocycles. The van der Waals surface area contributed by atoms with E-state index in [0.29, 0.717) is 19.0 Å². The van der Waals surface area contributed by atoms with Crippen LogP contribution >= 0.6 is 24.0 Å². The van der Waals surface area contributed by atoms with Crippen molar-refractivity contribution in [2.24, 2.45) is 10.7 Å². The summed E-state index contributed by atoms with van der Waals surface area (Å²) < 4.78 is 2.06. The summed E-state index contributed by atoms with van der Waals surface area (Å²) in [4.78, 5) is 4.42. The van der Waals surface area contributed by atoms with Crippen molar-refractivity contribution in [2.45, 2.75) is 32.7 Å². The zero-order valence-electron chi connectivity index (χ0n) is 14.0. The van der Waals surface area contributed by atoms with Crippen molar-refractivity contribution in [2.75, 3.05) is 6.54 Å². The van der Waals surface area contributed by atoms with E-state index in [4.69, 9.17) is 10.8 Å². The molecule has 0 aliphatic heterocycles. The summed E-state index contributed by atoms with van der Waals surface area (Å²) >= 11 is 0. The third-order valence-electron chi connectivity index (χ3n) is 3.98. The Morgan fingerprint density at radius 1 is 1.33 bits per heavy atom. The summed E-state index contributed by atoms with van der Waals surface area (Å²) in [7, 11) is 0. The lowest BCUT2D eigenvalue weighted by Crippen LogP contribution is -2.32. The Morgan fingerprint density at radius 3 is 2.79 bits per heavy atom. The van der Waals surface area contributed by atoms with Crippen LogP contribution in [0, 0.1) is 0 Å². The number of hydrogen-bond acceptors (Lipinski definition) is 2. The van der Waals surface area contributed by atoms with E-state index in [1.165, 1.54) is 17.7 Å². The van der Waals surface area contributed by atoms with Gasteiger partial charge in [-0.15, -0.1) is 24.0 Å². The lowest BCUT2D eigenvalue weighted by Gasteiger charge is -2.05. The highest BCUT2D eigenvalue weighted by Crippen LogP contribution is 2.28. The molecule has 1 aromatic heterocycles. The van der Waals surface area contributed by atoms with E-state index in [9.17, 15) is 0 Å². The second-order valence-electron chi connectivity index (χ2n) is 5.98. The highest BCUT2D eigenvalue weighted by atomic mass is 127. The molecule has 1 aliphatic carbocycles. The third kappa shape index (κ3) is 4.17. The largest absolute Gasteiger partial charge is 0.370 e. The molecule has 3 N–H and O–H groups in total. The molecule has 0 saturated heterocycles. The predicted octanol–water partition coefficient (Wildman–Crippen LogP) is 2.96. The van der Waals surface area contributed by atoms with E-state index in [2.05, 4.69) is 33.7 Å². The monoisotopic (exact) mass is 437 g/mol. The number of fused-ring (bicyclic) bond motifs is 1. The van der Waals surface area contributed by atoms with Gasteiger partial charge in [0.2, 0.25) is 0 Å². The Balaban J connectivity index is 0.00000208. The molecule has 6 heteroatoms. The number of guanidine groups is 1. The first-order valence-corrected chi connectivity index (χ1v) is 7.98. The Kier molecular flexibility index (Phi) is 6.42. The molecule has 1 aromatic carbocycles. The fraction of sp³-hybridized carbons (Fsp3) is 0.333. The van der Waals surface area contributed by atoms with Crippen molar-refractivity contribution in [3.8, 4) is 5.69 Å². The summed E-state index contributed by atoms with van der Waals surface area (Å²) in [5.74, 6) is 0.439. The minimum absolute atomic E-state index is 0. The first kappa shape index (κ1) is 18.5. The van der Waals surface area contributed by atoms with E-state index >= 15 is 0 Å². The molecule has 0 amide bonds. The number of aromatic nitrogens is 2. The number of nitrogens with one attached hydrogen (secondary N) is 1. The van der Waals surface area contributed by atoms with Gasteiger partial charge in [-0.05, 0) is 43.9 Å². The van der Waals surface area contributed by atoms with Crippen molar-refractivity contribution >= 4 is 29.9 Å². The lowest BCUT2D eigenvalue weighted by atomic mass is 10.2. The van der Waals surface area contributed by atoms with Crippen LogP contribution in [0.2, 0.25) is 0 Å². The number of hydrogen-bond donors (Lipinski definition) is 2. The normalized spacial score (nSPS) is 13.3. The van der Waals surface area contributed by atoms with Gasteiger partial charge in [-0.2, -0.15) is 5.10 Å². The van der Waals surface area contributed by atoms with Crippen LogP contribution in [0.15, 0.2) is 47.5 Å². The fourth-order valence-electron chi connectivity index (χ4n) is 2.88. The molecule has 24 heavy (non-hydrogen) atoms. The van der Waals surface area contributed by atoms with Crippen molar-refractivity contribution < 1.29 is 0 Å². The lowest BCUT2D eigenvalue weighted by molar-refractivity contribution is 0.757. The van der Waals surface area contributed by atoms with Crippen molar-refractivity contribution in [1.82, 2.24) is 15.1 Å². The summed E-state index contributed by atoms with van der Waals surface area (Å²) in [5.41, 5.74) is 11.7. The number of para-hydroxylation sites is 1. The fourth-order valence-corrected chi connectivity index (χ4v) is 2.88. The number of rotatable bonds is 5. The van der Waals surface area contributed by atoms with Gasteiger partial charge in [-0.3, -0.25) is 0 Å². The van der Waals surface area contributed by atoms with Crippen LogP contribution in [0.4, 0.5) is 0 Å². The Morgan fingerprint density at radius 2 is 2.08 bits per heavy atom. The number of benzene rings is 1. The molecule has 1 aliphatic rings. The first-order chi connectivity index (χ1) is 11.1. The topological polar surface area (TPSA) is 68.2 Å². The molecule has 0 bridgehead atoms. The van der Waals surface area contributed by atoms with Gasteiger partial charge in [-0.1, -0.05) is 30.4 Å². The summed E-state index contributed by atoms with van der Waals surface area (Å²) in [6.45, 7) is 6.95. The summed E-state index contributed by atoms with van der Waals surface area (Å²) in [6.07, 6.45) is 3.33. The molecule has 2 aromatic rings. The quantitative estimate of drug-likeness (QED) is 0.327. The van der Waals surface area contributed by atoms with Crippen LogP contribution in [-0.4, -0.2) is 22.3 Å². The van der Waals surface area contributed by atoms with Gasteiger partial charge < -0.3 is 11.1 Å². The molecule has 0 fully saturated rings. The van der Waals surface area contributed by atoms with Crippen molar-refractivity contribution in [3.63, 3.8) is 0 Å². The molecule has 3 rings (SSSR count). The molecule has 128 valence electrons. The van der Waals surface area contributed by atoms with Gasteiger partial charge >= 0.3 is 0 Å². The highest BCUT2D eigenvalue weighted by molar-refractivity contribution is 14.0. The number of nitrogens with two attached hydrogens (primary N) is 1. The number of halogens is 1. The van der Waals surface area contributed by atoms with Crippen LogP contribution in [-0.2, 0) is 19.4 Å². The number of aliphatic imine (C=N–C) groups is 1. The third-order valence-corrected chi connectivity index (χ3v) is 3.98. The minimum atomic E-state index is 0. The minimum Gasteiger partial charge on any atom is -0.370 e. The van der Waals surface area contributed by atoms with Crippen LogP contribution in [0.5, 0.6) is 0 Å². The second-order valence-corrected chi connectivity index (χ2v) is 5.98. The zero-order valence-corrected chi connectivity index (χ0v) is 16.3. The van der Waals surface area contributed by atoms with Crippen LogP contribution in [0.25, 0.3) is 5.69 Å². The smallest absolute Gasteiger partial charge is 0.189 e. The van der Waals surface area contributed by atoms with E-state index in [0.717, 1.165) is 29.8 Å². The molecule has 0 spiro atoms. The zero-order chi connectivity index (χ0) is 16.2. The van der Waals surface area contributed by atoms with Gasteiger partial charge in [-0.25, -0.2) is 9.67 Å². The SMILES string of the molecule is C=C(C)CNC(N)=NCc1nn(-c2ccccc2)c2c1CCC2.I. The maximum absolute atomic E-state index is 5.90. The van der Waals surface area contributed by atoms with E-state index in [1.54, 1.807) is 0 Å². The molecule has 0 unspecified atom stereocenters. The predicted molar refractivity (Wildman–Crippen MR) is 109 cm³/mol. The Hall–Kier alpha value is -1.83. The molecular weight excluding hydrogens is 413 g/mol. The average Bonchev–Trinajstić information content (AvgIpc) is 3.14. The standard InChI is InChI=1S/C18H23N5.HI/c1-13(2)11-20-18(19)21-12-16-15-9-6-10-17(15)23(22-16)14-7-4-3-5-8-14;/h3-5,7-8H,1,6,9-12H2,2H3,(H3,19,20,21);1H.